The number of aliphatic hydroxyl groups is 2. The van der Waals surface area contributed by atoms with Crippen molar-refractivity contribution in [3.05, 3.63) is 30.7 Å². The van der Waals surface area contributed by atoms with E-state index < -0.39 is 12.2 Å². The summed E-state index contributed by atoms with van der Waals surface area (Å²) in [5.41, 5.74) is 1.66. The molecule has 4 unspecified atom stereocenters. The Morgan fingerprint density at radius 2 is 2.17 bits per heavy atom. The van der Waals surface area contributed by atoms with Crippen LogP contribution in [0.2, 0.25) is 0 Å². The van der Waals surface area contributed by atoms with Crippen molar-refractivity contribution >= 4 is 0 Å². The summed E-state index contributed by atoms with van der Waals surface area (Å²) >= 11 is 0. The summed E-state index contributed by atoms with van der Waals surface area (Å²) in [6.45, 7) is 5.61. The predicted molar refractivity (Wildman–Crippen MR) is 90.0 cm³/mol. The van der Waals surface area contributed by atoms with Crippen LogP contribution in [-0.4, -0.2) is 55.0 Å². The third kappa shape index (κ3) is 3.80. The molecule has 7 heteroatoms. The summed E-state index contributed by atoms with van der Waals surface area (Å²) in [6.07, 6.45) is 4.54. The highest BCUT2D eigenvalue weighted by atomic mass is 16.3. The molecule has 0 spiro atoms. The molecule has 2 heterocycles. The highest BCUT2D eigenvalue weighted by Gasteiger charge is 2.41. The van der Waals surface area contributed by atoms with E-state index in [1.54, 1.807) is 17.1 Å². The van der Waals surface area contributed by atoms with Crippen molar-refractivity contribution in [2.45, 2.75) is 45.1 Å². The van der Waals surface area contributed by atoms with Gasteiger partial charge in [0.25, 0.3) is 0 Å². The lowest BCUT2D eigenvalue weighted by molar-refractivity contribution is 0.00716. The molecule has 130 valence electrons. The van der Waals surface area contributed by atoms with Crippen LogP contribution in [0, 0.1) is 11.8 Å². The summed E-state index contributed by atoms with van der Waals surface area (Å²) < 4.78 is 1.73. The summed E-state index contributed by atoms with van der Waals surface area (Å²) in [5.74, 6) is 0.457. The number of nitrogens with zero attached hydrogens (tertiary/aromatic N) is 4. The second kappa shape index (κ2) is 7.38. The number of aromatic nitrogens is 4. The Morgan fingerprint density at radius 3 is 2.88 bits per heavy atom. The van der Waals surface area contributed by atoms with Crippen molar-refractivity contribution in [2.24, 2.45) is 11.8 Å². The van der Waals surface area contributed by atoms with Crippen LogP contribution in [0.1, 0.15) is 20.3 Å². The fourth-order valence-corrected chi connectivity index (χ4v) is 3.17. The number of hydrogen-bond acceptors (Lipinski definition) is 6. The van der Waals surface area contributed by atoms with Crippen LogP contribution >= 0.6 is 0 Å². The molecule has 0 radical (unpaired) electrons. The Bertz CT molecular complexity index is 645. The first-order valence-electron chi connectivity index (χ1n) is 8.44. The Balaban J connectivity index is 1.63. The molecule has 2 aromatic heterocycles. The smallest absolute Gasteiger partial charge is 0.114 e. The first-order chi connectivity index (χ1) is 11.5. The molecule has 0 aromatic carbocycles. The van der Waals surface area contributed by atoms with E-state index in [-0.39, 0.29) is 12.0 Å². The van der Waals surface area contributed by atoms with Gasteiger partial charge in [-0.05, 0) is 31.0 Å². The molecular weight excluding hydrogens is 306 g/mol. The molecule has 0 saturated heterocycles. The lowest BCUT2D eigenvalue weighted by atomic mass is 10.1. The van der Waals surface area contributed by atoms with Gasteiger partial charge in [-0.15, -0.1) is 5.10 Å². The molecule has 24 heavy (non-hydrogen) atoms. The van der Waals surface area contributed by atoms with Crippen LogP contribution < -0.4 is 5.32 Å². The third-order valence-electron chi connectivity index (χ3n) is 4.51. The van der Waals surface area contributed by atoms with Gasteiger partial charge < -0.3 is 15.5 Å². The van der Waals surface area contributed by atoms with Gasteiger partial charge in [0.2, 0.25) is 0 Å². The van der Waals surface area contributed by atoms with Gasteiger partial charge in [-0.25, -0.2) is 0 Å². The molecule has 1 fully saturated rings. The molecule has 4 atom stereocenters. The number of aliphatic hydroxyl groups excluding tert-OH is 2. The second-order valence-corrected chi connectivity index (χ2v) is 6.95. The first kappa shape index (κ1) is 17.0. The minimum absolute atomic E-state index is 0.0480. The second-order valence-electron chi connectivity index (χ2n) is 6.95. The number of hydrogen-bond donors (Lipinski definition) is 3. The molecule has 7 nitrogen and oxygen atoms in total. The number of rotatable bonds is 6. The molecule has 0 amide bonds. The topological polar surface area (TPSA) is 96.1 Å². The molecule has 3 N–H and O–H groups in total. The van der Waals surface area contributed by atoms with Crippen LogP contribution in [0.4, 0.5) is 0 Å². The summed E-state index contributed by atoms with van der Waals surface area (Å²) in [6, 6.07) is 3.71. The Labute approximate surface area is 141 Å². The van der Waals surface area contributed by atoms with E-state index in [4.69, 9.17) is 0 Å². The van der Waals surface area contributed by atoms with Gasteiger partial charge in [-0.3, -0.25) is 9.67 Å². The van der Waals surface area contributed by atoms with E-state index in [0.717, 1.165) is 24.2 Å². The van der Waals surface area contributed by atoms with Crippen molar-refractivity contribution in [3.8, 4) is 11.3 Å². The molecule has 1 saturated carbocycles. The van der Waals surface area contributed by atoms with Crippen LogP contribution in [0.25, 0.3) is 11.3 Å². The zero-order valence-electron chi connectivity index (χ0n) is 14.1. The van der Waals surface area contributed by atoms with Crippen molar-refractivity contribution < 1.29 is 10.2 Å². The molecule has 1 aliphatic carbocycles. The average Bonchev–Trinajstić information content (AvgIpc) is 3.14. The SMILES string of the molecule is CC(C)CNC1CC(Cn2cc(-c3cccnc3)nn2)C(O)C1O. The van der Waals surface area contributed by atoms with Gasteiger partial charge in [0.15, 0.2) is 0 Å². The molecule has 1 aliphatic rings. The van der Waals surface area contributed by atoms with E-state index in [2.05, 4.69) is 34.5 Å². The third-order valence-corrected chi connectivity index (χ3v) is 4.51. The van der Waals surface area contributed by atoms with E-state index in [9.17, 15) is 10.2 Å². The normalized spacial score (nSPS) is 27.0. The monoisotopic (exact) mass is 331 g/mol. The van der Waals surface area contributed by atoms with Crippen LogP contribution in [0.3, 0.4) is 0 Å². The summed E-state index contributed by atoms with van der Waals surface area (Å²) in [5, 5.41) is 32.2. The quantitative estimate of drug-likeness (QED) is 0.721. The first-order valence-corrected chi connectivity index (χ1v) is 8.44. The maximum Gasteiger partial charge on any atom is 0.114 e. The minimum atomic E-state index is -0.749. The Morgan fingerprint density at radius 1 is 1.33 bits per heavy atom. The van der Waals surface area contributed by atoms with Crippen molar-refractivity contribution in [1.29, 1.82) is 0 Å². The van der Waals surface area contributed by atoms with Gasteiger partial charge in [0.1, 0.15) is 5.69 Å². The van der Waals surface area contributed by atoms with Gasteiger partial charge >= 0.3 is 0 Å². The maximum absolute atomic E-state index is 10.3. The highest BCUT2D eigenvalue weighted by molar-refractivity contribution is 5.55. The van der Waals surface area contributed by atoms with Crippen molar-refractivity contribution in [2.75, 3.05) is 6.54 Å². The minimum Gasteiger partial charge on any atom is -0.390 e. The fraction of sp³-hybridized carbons (Fsp3) is 0.588. The maximum atomic E-state index is 10.3. The van der Waals surface area contributed by atoms with Crippen LogP contribution in [-0.2, 0) is 6.54 Å². The summed E-state index contributed by atoms with van der Waals surface area (Å²) in [7, 11) is 0. The summed E-state index contributed by atoms with van der Waals surface area (Å²) in [4.78, 5) is 4.08. The van der Waals surface area contributed by atoms with Gasteiger partial charge in [-0.2, -0.15) is 0 Å². The van der Waals surface area contributed by atoms with Crippen LogP contribution in [0.15, 0.2) is 30.7 Å². The van der Waals surface area contributed by atoms with E-state index >= 15 is 0 Å². The largest absolute Gasteiger partial charge is 0.390 e. The predicted octanol–water partition coefficient (Wildman–Crippen LogP) is 0.696. The van der Waals surface area contributed by atoms with E-state index in [1.807, 2.05) is 18.3 Å². The van der Waals surface area contributed by atoms with Crippen molar-refractivity contribution in [3.63, 3.8) is 0 Å². The van der Waals surface area contributed by atoms with Gasteiger partial charge in [-0.1, -0.05) is 19.1 Å². The Hall–Kier alpha value is -1.83. The number of nitrogens with one attached hydrogen (secondary N) is 1. The fourth-order valence-electron chi connectivity index (χ4n) is 3.17. The Kier molecular flexibility index (Phi) is 5.23. The molecule has 0 bridgehead atoms. The number of pyridine rings is 1. The highest BCUT2D eigenvalue weighted by Crippen LogP contribution is 2.28. The van der Waals surface area contributed by atoms with E-state index in [1.165, 1.54) is 0 Å². The zero-order valence-corrected chi connectivity index (χ0v) is 14.1. The van der Waals surface area contributed by atoms with Gasteiger partial charge in [0, 0.05) is 36.5 Å². The lowest BCUT2D eigenvalue weighted by Gasteiger charge is -2.19. The lowest BCUT2D eigenvalue weighted by Crippen LogP contribution is -2.41. The van der Waals surface area contributed by atoms with Gasteiger partial charge in [0.05, 0.1) is 18.4 Å². The molecular formula is C17H25N5O2. The van der Waals surface area contributed by atoms with Crippen molar-refractivity contribution in [1.82, 2.24) is 25.3 Å². The molecule has 0 aliphatic heterocycles. The molecule has 2 aromatic rings. The molecule has 3 rings (SSSR count). The average molecular weight is 331 g/mol. The van der Waals surface area contributed by atoms with E-state index in [0.29, 0.717) is 12.5 Å². The standard InChI is InChI=1S/C17H25N5O2/c1-11(2)7-19-14-6-13(16(23)17(14)24)9-22-10-15(20-21-22)12-4-3-5-18-8-12/h3-5,8,10-11,13-14,16-17,19,23-24H,6-7,9H2,1-2H3. The zero-order chi connectivity index (χ0) is 17.1. The van der Waals surface area contributed by atoms with Crippen LogP contribution in [0.5, 0.6) is 0 Å².